The van der Waals surface area contributed by atoms with E-state index in [1.165, 1.54) is 12.8 Å². The molecule has 0 bridgehead atoms. The summed E-state index contributed by atoms with van der Waals surface area (Å²) in [5.41, 5.74) is 0.346. The minimum atomic E-state index is 0.346. The van der Waals surface area contributed by atoms with Crippen molar-refractivity contribution in [2.24, 2.45) is 5.41 Å². The lowest BCUT2D eigenvalue weighted by atomic mass is 9.82. The second-order valence-electron chi connectivity index (χ2n) is 4.77. The minimum absolute atomic E-state index is 0.346. The molecule has 0 spiro atoms. The van der Waals surface area contributed by atoms with Gasteiger partial charge < -0.3 is 15.0 Å². The highest BCUT2D eigenvalue weighted by molar-refractivity contribution is 4.86. The van der Waals surface area contributed by atoms with Crippen LogP contribution in [0.2, 0.25) is 0 Å². The Morgan fingerprint density at radius 1 is 1.40 bits per heavy atom. The Hall–Kier alpha value is -0.120. The molecular weight excluding hydrogens is 188 g/mol. The molecule has 1 rings (SSSR count). The van der Waals surface area contributed by atoms with Gasteiger partial charge in [-0.15, -0.1) is 0 Å². The first-order valence-corrected chi connectivity index (χ1v) is 6.19. The van der Waals surface area contributed by atoms with Gasteiger partial charge in [-0.2, -0.15) is 0 Å². The van der Waals surface area contributed by atoms with Gasteiger partial charge in [0.15, 0.2) is 0 Å². The average molecular weight is 214 g/mol. The predicted octanol–water partition coefficient (Wildman–Crippen LogP) is 1.34. The van der Waals surface area contributed by atoms with E-state index in [-0.39, 0.29) is 0 Å². The topological polar surface area (TPSA) is 24.5 Å². The molecule has 0 radical (unpaired) electrons. The first-order chi connectivity index (χ1) is 7.22. The van der Waals surface area contributed by atoms with Gasteiger partial charge in [0.25, 0.3) is 0 Å². The largest absolute Gasteiger partial charge is 0.381 e. The molecule has 1 aliphatic heterocycles. The molecule has 1 heterocycles. The van der Waals surface area contributed by atoms with Crippen LogP contribution in [0.4, 0.5) is 0 Å². The van der Waals surface area contributed by atoms with Crippen LogP contribution in [-0.2, 0) is 4.74 Å². The van der Waals surface area contributed by atoms with Gasteiger partial charge in [-0.05, 0) is 33.0 Å². The van der Waals surface area contributed by atoms with Crippen molar-refractivity contribution in [3.05, 3.63) is 0 Å². The molecule has 0 aliphatic carbocycles. The van der Waals surface area contributed by atoms with Gasteiger partial charge in [-0.3, -0.25) is 0 Å². The maximum absolute atomic E-state index is 5.66. The summed E-state index contributed by atoms with van der Waals surface area (Å²) in [5, 5.41) is 3.48. The summed E-state index contributed by atoms with van der Waals surface area (Å²) in [4.78, 5) is 2.39. The number of rotatable bonds is 6. The number of ether oxygens (including phenoxy) is 1. The summed E-state index contributed by atoms with van der Waals surface area (Å²) in [6, 6.07) is 0. The van der Waals surface area contributed by atoms with E-state index < -0.39 is 0 Å². The van der Waals surface area contributed by atoms with E-state index >= 15 is 0 Å². The average Bonchev–Trinajstić information content (AvgIpc) is 2.27. The van der Waals surface area contributed by atoms with Crippen molar-refractivity contribution in [1.29, 1.82) is 0 Å². The summed E-state index contributed by atoms with van der Waals surface area (Å²) in [6.45, 7) is 10.7. The smallest absolute Gasteiger partial charge is 0.0546 e. The van der Waals surface area contributed by atoms with Gasteiger partial charge in [0.2, 0.25) is 0 Å². The van der Waals surface area contributed by atoms with Crippen LogP contribution >= 0.6 is 0 Å². The summed E-state index contributed by atoms with van der Waals surface area (Å²) < 4.78 is 5.66. The van der Waals surface area contributed by atoms with Crippen LogP contribution in [0, 0.1) is 5.41 Å². The lowest BCUT2D eigenvalue weighted by Gasteiger charge is -2.39. The van der Waals surface area contributed by atoms with E-state index in [1.54, 1.807) is 0 Å². The highest BCUT2D eigenvalue weighted by Gasteiger charge is 2.33. The Morgan fingerprint density at radius 3 is 2.73 bits per heavy atom. The van der Waals surface area contributed by atoms with Crippen molar-refractivity contribution in [3.8, 4) is 0 Å². The quantitative estimate of drug-likeness (QED) is 0.722. The number of hydrogen-bond donors (Lipinski definition) is 1. The Bertz CT molecular complexity index is 167. The van der Waals surface area contributed by atoms with Gasteiger partial charge in [-0.1, -0.05) is 13.8 Å². The van der Waals surface area contributed by atoms with Crippen molar-refractivity contribution < 1.29 is 4.74 Å². The second-order valence-corrected chi connectivity index (χ2v) is 4.77. The molecule has 0 amide bonds. The van der Waals surface area contributed by atoms with Gasteiger partial charge in [0, 0.05) is 25.1 Å². The molecule has 0 aromatic carbocycles. The third kappa shape index (κ3) is 4.09. The van der Waals surface area contributed by atoms with Crippen LogP contribution in [0.3, 0.4) is 0 Å². The fourth-order valence-electron chi connectivity index (χ4n) is 2.30. The first kappa shape index (κ1) is 12.9. The summed E-state index contributed by atoms with van der Waals surface area (Å²) >= 11 is 0. The van der Waals surface area contributed by atoms with E-state index in [0.29, 0.717) is 5.41 Å². The number of nitrogens with one attached hydrogen (secondary N) is 1. The first-order valence-electron chi connectivity index (χ1n) is 6.19. The van der Waals surface area contributed by atoms with Gasteiger partial charge >= 0.3 is 0 Å². The highest BCUT2D eigenvalue weighted by atomic mass is 16.5. The summed E-state index contributed by atoms with van der Waals surface area (Å²) in [7, 11) is 2.20. The lowest BCUT2D eigenvalue weighted by Crippen LogP contribution is -2.48. The molecule has 90 valence electrons. The van der Waals surface area contributed by atoms with Crippen molar-refractivity contribution in [2.45, 2.75) is 26.7 Å². The maximum atomic E-state index is 5.66. The third-order valence-corrected chi connectivity index (χ3v) is 3.30. The normalized spacial score (nSPS) is 27.2. The van der Waals surface area contributed by atoms with Gasteiger partial charge in [0.1, 0.15) is 0 Å². The van der Waals surface area contributed by atoms with E-state index in [9.17, 15) is 0 Å². The summed E-state index contributed by atoms with van der Waals surface area (Å²) in [6.07, 6.45) is 2.51. The van der Waals surface area contributed by atoms with Gasteiger partial charge in [-0.25, -0.2) is 0 Å². The molecule has 1 saturated heterocycles. The number of hydrogen-bond acceptors (Lipinski definition) is 3. The van der Waals surface area contributed by atoms with Crippen molar-refractivity contribution in [2.75, 3.05) is 46.4 Å². The Kier molecular flexibility index (Phi) is 5.58. The molecule has 3 nitrogen and oxygen atoms in total. The fourth-order valence-corrected chi connectivity index (χ4v) is 2.30. The van der Waals surface area contributed by atoms with E-state index in [2.05, 4.69) is 31.1 Å². The molecule has 1 N–H and O–H groups in total. The standard InChI is InChI=1S/C12H26N2O/c1-4-13-9-12(10-14(3)5-2)7-6-8-15-11-12/h13H,4-11H2,1-3H3. The molecule has 1 atom stereocenters. The van der Waals surface area contributed by atoms with Crippen molar-refractivity contribution in [1.82, 2.24) is 10.2 Å². The van der Waals surface area contributed by atoms with Crippen molar-refractivity contribution >= 4 is 0 Å². The predicted molar refractivity (Wildman–Crippen MR) is 64.2 cm³/mol. The molecular formula is C12H26N2O. The van der Waals surface area contributed by atoms with Crippen LogP contribution in [0.25, 0.3) is 0 Å². The third-order valence-electron chi connectivity index (χ3n) is 3.30. The SMILES string of the molecule is CCNCC1(CN(C)CC)CCCOC1. The molecule has 1 fully saturated rings. The zero-order valence-corrected chi connectivity index (χ0v) is 10.5. The second kappa shape index (κ2) is 6.46. The minimum Gasteiger partial charge on any atom is -0.381 e. The van der Waals surface area contributed by atoms with Crippen LogP contribution in [0.5, 0.6) is 0 Å². The van der Waals surface area contributed by atoms with E-state index in [1.807, 2.05) is 0 Å². The van der Waals surface area contributed by atoms with Crippen LogP contribution in [0.15, 0.2) is 0 Å². The summed E-state index contributed by atoms with van der Waals surface area (Å²) in [5.74, 6) is 0. The van der Waals surface area contributed by atoms with E-state index in [0.717, 1.165) is 39.4 Å². The molecule has 3 heteroatoms. The monoisotopic (exact) mass is 214 g/mol. The van der Waals surface area contributed by atoms with Gasteiger partial charge in [0.05, 0.1) is 6.61 Å². The zero-order valence-electron chi connectivity index (χ0n) is 10.5. The fraction of sp³-hybridized carbons (Fsp3) is 1.00. The Morgan fingerprint density at radius 2 is 2.20 bits per heavy atom. The molecule has 0 aromatic rings. The molecule has 1 unspecified atom stereocenters. The molecule has 15 heavy (non-hydrogen) atoms. The van der Waals surface area contributed by atoms with Crippen molar-refractivity contribution in [3.63, 3.8) is 0 Å². The highest BCUT2D eigenvalue weighted by Crippen LogP contribution is 2.28. The number of nitrogens with zero attached hydrogens (tertiary/aromatic N) is 1. The van der Waals surface area contributed by atoms with Crippen LogP contribution in [-0.4, -0.2) is 51.3 Å². The molecule has 0 saturated carbocycles. The Balaban J connectivity index is 2.49. The van der Waals surface area contributed by atoms with E-state index in [4.69, 9.17) is 4.74 Å². The molecule has 1 aliphatic rings. The van der Waals surface area contributed by atoms with Crippen LogP contribution in [0.1, 0.15) is 26.7 Å². The molecule has 0 aromatic heterocycles. The lowest BCUT2D eigenvalue weighted by molar-refractivity contribution is -0.0218. The maximum Gasteiger partial charge on any atom is 0.0546 e. The van der Waals surface area contributed by atoms with Crippen LogP contribution < -0.4 is 5.32 Å². The zero-order chi connectivity index (χ0) is 11.1. The Labute approximate surface area is 94.2 Å².